The number of hydrogen-bond acceptors (Lipinski definition) is 5. The van der Waals surface area contributed by atoms with Gasteiger partial charge in [0.2, 0.25) is 5.91 Å². The number of carbonyl (C=O) groups excluding carboxylic acids is 1. The zero-order valence-corrected chi connectivity index (χ0v) is 15.7. The van der Waals surface area contributed by atoms with Gasteiger partial charge in [0.15, 0.2) is 0 Å². The van der Waals surface area contributed by atoms with Gasteiger partial charge in [0, 0.05) is 11.5 Å². The van der Waals surface area contributed by atoms with Crippen LogP contribution in [-0.2, 0) is 11.3 Å². The van der Waals surface area contributed by atoms with Gasteiger partial charge >= 0.3 is 0 Å². The van der Waals surface area contributed by atoms with E-state index in [9.17, 15) is 9.59 Å². The van der Waals surface area contributed by atoms with Crippen molar-refractivity contribution in [3.05, 3.63) is 63.4 Å². The predicted molar refractivity (Wildman–Crippen MR) is 101 cm³/mol. The Balaban J connectivity index is 1.58. The molecule has 0 aliphatic rings. The molecule has 0 saturated heterocycles. The van der Waals surface area contributed by atoms with Crippen LogP contribution in [0.3, 0.4) is 0 Å². The quantitative estimate of drug-likeness (QED) is 0.614. The Morgan fingerprint density at radius 1 is 1.19 bits per heavy atom. The second kappa shape index (κ2) is 8.09. The minimum atomic E-state index is -0.330. The molecule has 1 amide bonds. The van der Waals surface area contributed by atoms with E-state index in [-0.39, 0.29) is 18.0 Å². The van der Waals surface area contributed by atoms with E-state index in [1.807, 2.05) is 24.3 Å². The summed E-state index contributed by atoms with van der Waals surface area (Å²) >= 11 is 3.36. The summed E-state index contributed by atoms with van der Waals surface area (Å²) in [5.41, 5.74) is 0.181. The van der Waals surface area contributed by atoms with Crippen molar-refractivity contribution >= 4 is 32.7 Å². The van der Waals surface area contributed by atoms with Crippen LogP contribution in [0.2, 0.25) is 0 Å². The first kappa shape index (κ1) is 18.1. The van der Waals surface area contributed by atoms with Gasteiger partial charge in [-0.2, -0.15) is 0 Å². The molecule has 0 fully saturated rings. The predicted octanol–water partition coefficient (Wildman–Crippen LogP) is 2.09. The fourth-order valence-electron chi connectivity index (χ4n) is 2.33. The number of ether oxygens (including phenoxy) is 1. The Morgan fingerprint density at radius 3 is 2.69 bits per heavy atom. The van der Waals surface area contributed by atoms with Gasteiger partial charge in [0.05, 0.1) is 11.9 Å². The fraction of sp³-hybridized carbons (Fsp3) is 0.222. The lowest BCUT2D eigenvalue weighted by Gasteiger charge is -2.17. The van der Waals surface area contributed by atoms with Crippen molar-refractivity contribution < 1.29 is 9.53 Å². The van der Waals surface area contributed by atoms with Crippen molar-refractivity contribution in [2.24, 2.45) is 0 Å². The Morgan fingerprint density at radius 2 is 1.92 bits per heavy atom. The van der Waals surface area contributed by atoms with Gasteiger partial charge in [0.25, 0.3) is 5.56 Å². The molecule has 3 rings (SSSR count). The average Bonchev–Trinajstić information content (AvgIpc) is 2.65. The first-order valence-corrected chi connectivity index (χ1v) is 8.79. The zero-order chi connectivity index (χ0) is 18.5. The van der Waals surface area contributed by atoms with Crippen molar-refractivity contribution in [2.75, 3.05) is 20.2 Å². The van der Waals surface area contributed by atoms with Gasteiger partial charge in [-0.1, -0.05) is 33.3 Å². The third-order valence-corrected chi connectivity index (χ3v) is 4.38. The highest BCUT2D eigenvalue weighted by Gasteiger charge is 2.13. The van der Waals surface area contributed by atoms with E-state index in [2.05, 4.69) is 26.2 Å². The van der Waals surface area contributed by atoms with Crippen molar-refractivity contribution in [1.82, 2.24) is 19.9 Å². The summed E-state index contributed by atoms with van der Waals surface area (Å²) < 4.78 is 7.65. The van der Waals surface area contributed by atoms with Crippen molar-refractivity contribution in [3.8, 4) is 5.75 Å². The zero-order valence-electron chi connectivity index (χ0n) is 14.1. The third kappa shape index (κ3) is 4.26. The van der Waals surface area contributed by atoms with E-state index in [1.54, 1.807) is 31.3 Å². The number of rotatable bonds is 6. The van der Waals surface area contributed by atoms with Crippen molar-refractivity contribution in [2.45, 2.75) is 6.54 Å². The number of benzene rings is 2. The Hall–Kier alpha value is -2.74. The molecular formula is C18H17BrN4O3. The smallest absolute Gasteiger partial charge is 0.278 e. The second-order valence-corrected chi connectivity index (χ2v) is 6.60. The number of carbonyl (C=O) groups is 1. The first-order valence-electron chi connectivity index (χ1n) is 7.99. The van der Waals surface area contributed by atoms with E-state index < -0.39 is 0 Å². The largest absolute Gasteiger partial charge is 0.492 e. The topological polar surface area (TPSA) is 77.3 Å². The lowest BCUT2D eigenvalue weighted by molar-refractivity contribution is -0.131. The van der Waals surface area contributed by atoms with Gasteiger partial charge in [-0.05, 0) is 36.4 Å². The molecule has 134 valence electrons. The molecule has 7 nitrogen and oxygen atoms in total. The van der Waals surface area contributed by atoms with Crippen LogP contribution in [0.15, 0.2) is 57.8 Å². The van der Waals surface area contributed by atoms with E-state index in [0.717, 1.165) is 14.9 Å². The van der Waals surface area contributed by atoms with Crippen LogP contribution in [0, 0.1) is 0 Å². The van der Waals surface area contributed by atoms with Crippen molar-refractivity contribution in [3.63, 3.8) is 0 Å². The summed E-state index contributed by atoms with van der Waals surface area (Å²) in [6.45, 7) is 0.582. The molecular weight excluding hydrogens is 400 g/mol. The molecule has 0 saturated carbocycles. The van der Waals surface area contributed by atoms with Crippen LogP contribution in [0.25, 0.3) is 10.9 Å². The van der Waals surface area contributed by atoms with Gasteiger partial charge in [-0.3, -0.25) is 9.59 Å². The molecule has 0 aliphatic carbocycles. The van der Waals surface area contributed by atoms with E-state index in [1.165, 1.54) is 4.90 Å². The molecule has 0 unspecified atom stereocenters. The molecule has 0 N–H and O–H groups in total. The highest BCUT2D eigenvalue weighted by atomic mass is 79.9. The van der Waals surface area contributed by atoms with Crippen LogP contribution >= 0.6 is 15.9 Å². The Bertz CT molecular complexity index is 972. The lowest BCUT2D eigenvalue weighted by atomic mass is 10.2. The molecule has 3 aromatic rings. The molecule has 0 radical (unpaired) electrons. The highest BCUT2D eigenvalue weighted by Crippen LogP contribution is 2.15. The number of amides is 1. The number of nitrogens with zero attached hydrogens (tertiary/aromatic N) is 4. The van der Waals surface area contributed by atoms with Gasteiger partial charge in [0.1, 0.15) is 24.4 Å². The standard InChI is InChI=1S/C18H17BrN4O3/c1-22(10-11-26-14-8-6-13(19)7-9-14)17(24)12-23-18(25)15-4-2-3-5-16(15)20-21-23/h2-9H,10-12H2,1H3. The number of aromatic nitrogens is 3. The van der Waals surface area contributed by atoms with Crippen LogP contribution in [0.5, 0.6) is 5.75 Å². The fourth-order valence-corrected chi connectivity index (χ4v) is 2.60. The second-order valence-electron chi connectivity index (χ2n) is 5.69. The Labute approximate surface area is 158 Å². The number of likely N-dealkylation sites (N-methyl/N-ethyl adjacent to an activating group) is 1. The Kier molecular flexibility index (Phi) is 5.62. The summed E-state index contributed by atoms with van der Waals surface area (Å²) in [5, 5.41) is 8.25. The van der Waals surface area contributed by atoms with Crippen LogP contribution in [-0.4, -0.2) is 46.0 Å². The van der Waals surface area contributed by atoms with E-state index in [4.69, 9.17) is 4.74 Å². The maximum Gasteiger partial charge on any atom is 0.278 e. The maximum atomic E-state index is 12.4. The van der Waals surface area contributed by atoms with Crippen LogP contribution < -0.4 is 10.3 Å². The number of halogens is 1. The van der Waals surface area contributed by atoms with Crippen LogP contribution in [0.4, 0.5) is 0 Å². The van der Waals surface area contributed by atoms with E-state index in [0.29, 0.717) is 24.1 Å². The molecule has 26 heavy (non-hydrogen) atoms. The minimum Gasteiger partial charge on any atom is -0.492 e. The first-order chi connectivity index (χ1) is 12.5. The molecule has 1 heterocycles. The molecule has 8 heteroatoms. The SMILES string of the molecule is CN(CCOc1ccc(Br)cc1)C(=O)Cn1nnc2ccccc2c1=O. The van der Waals surface area contributed by atoms with E-state index >= 15 is 0 Å². The lowest BCUT2D eigenvalue weighted by Crippen LogP contribution is -2.37. The monoisotopic (exact) mass is 416 g/mol. The minimum absolute atomic E-state index is 0.161. The molecule has 1 aromatic heterocycles. The molecule has 0 atom stereocenters. The summed E-state index contributed by atoms with van der Waals surface area (Å²) in [6.07, 6.45) is 0. The van der Waals surface area contributed by atoms with Crippen LogP contribution in [0.1, 0.15) is 0 Å². The summed E-state index contributed by atoms with van der Waals surface area (Å²) in [7, 11) is 1.66. The number of fused-ring (bicyclic) bond motifs is 1. The molecule has 0 spiro atoms. The number of hydrogen-bond donors (Lipinski definition) is 0. The normalized spacial score (nSPS) is 10.7. The maximum absolute atomic E-state index is 12.4. The summed E-state index contributed by atoms with van der Waals surface area (Å²) in [6, 6.07) is 14.4. The van der Waals surface area contributed by atoms with Gasteiger partial charge in [-0.25, -0.2) is 4.68 Å². The molecule has 0 aliphatic heterocycles. The summed E-state index contributed by atoms with van der Waals surface area (Å²) in [5.74, 6) is 0.488. The third-order valence-electron chi connectivity index (χ3n) is 3.85. The molecule has 2 aromatic carbocycles. The summed E-state index contributed by atoms with van der Waals surface area (Å²) in [4.78, 5) is 26.2. The highest BCUT2D eigenvalue weighted by molar-refractivity contribution is 9.10. The average molecular weight is 417 g/mol. The van der Waals surface area contributed by atoms with Gasteiger partial charge in [-0.15, -0.1) is 5.10 Å². The van der Waals surface area contributed by atoms with Gasteiger partial charge < -0.3 is 9.64 Å². The molecule has 0 bridgehead atoms. The van der Waals surface area contributed by atoms with Crippen molar-refractivity contribution in [1.29, 1.82) is 0 Å².